The predicted octanol–water partition coefficient (Wildman–Crippen LogP) is 3.05. The molecule has 0 amide bonds. The van der Waals surface area contributed by atoms with Crippen molar-refractivity contribution in [2.75, 3.05) is 33.2 Å². The molecule has 6 nitrogen and oxygen atoms in total. The lowest BCUT2D eigenvalue weighted by Crippen LogP contribution is -2.56. The Bertz CT molecular complexity index is 751. The summed E-state index contributed by atoms with van der Waals surface area (Å²) in [7, 11) is 1.66. The van der Waals surface area contributed by atoms with Crippen molar-refractivity contribution in [1.82, 2.24) is 20.1 Å². The molecule has 27 heavy (non-hydrogen) atoms. The van der Waals surface area contributed by atoms with Crippen molar-refractivity contribution >= 4 is 17.3 Å². The predicted molar refractivity (Wildman–Crippen MR) is 98.7 cm³/mol. The number of nitrogens with one attached hydrogen (secondary N) is 1. The SMILES string of the molecule is CN=C(NCc1coc(-c2cccs2)n1)N1CCN(C(C)C(F)(F)F)CC1. The highest BCUT2D eigenvalue weighted by Crippen LogP contribution is 2.25. The summed E-state index contributed by atoms with van der Waals surface area (Å²) < 4.78 is 44.1. The van der Waals surface area contributed by atoms with Crippen molar-refractivity contribution in [2.24, 2.45) is 4.99 Å². The van der Waals surface area contributed by atoms with Crippen molar-refractivity contribution in [2.45, 2.75) is 25.7 Å². The van der Waals surface area contributed by atoms with Crippen LogP contribution in [0.5, 0.6) is 0 Å². The van der Waals surface area contributed by atoms with E-state index in [1.807, 2.05) is 22.4 Å². The number of hydrogen-bond donors (Lipinski definition) is 1. The van der Waals surface area contributed by atoms with E-state index in [9.17, 15) is 13.2 Å². The van der Waals surface area contributed by atoms with Crippen LogP contribution >= 0.6 is 11.3 Å². The van der Waals surface area contributed by atoms with Crippen molar-refractivity contribution in [1.29, 1.82) is 0 Å². The van der Waals surface area contributed by atoms with E-state index < -0.39 is 12.2 Å². The number of rotatable bonds is 4. The summed E-state index contributed by atoms with van der Waals surface area (Å²) in [5, 5.41) is 5.16. The summed E-state index contributed by atoms with van der Waals surface area (Å²) in [4.78, 5) is 13.0. The molecule has 0 spiro atoms. The molecular formula is C17H22F3N5OS. The van der Waals surface area contributed by atoms with Gasteiger partial charge in [-0.25, -0.2) is 4.98 Å². The molecular weight excluding hydrogens is 379 g/mol. The van der Waals surface area contributed by atoms with Gasteiger partial charge in [0, 0.05) is 33.2 Å². The fourth-order valence-electron chi connectivity index (χ4n) is 2.93. The Labute approximate surface area is 159 Å². The number of aliphatic imine (C=N–C) groups is 1. The van der Waals surface area contributed by atoms with Crippen molar-refractivity contribution in [3.05, 3.63) is 29.5 Å². The van der Waals surface area contributed by atoms with Crippen LogP contribution in [0, 0.1) is 0 Å². The van der Waals surface area contributed by atoms with Gasteiger partial charge in [0.15, 0.2) is 5.96 Å². The molecule has 3 rings (SSSR count). The second-order valence-electron chi connectivity index (χ2n) is 6.26. The van der Waals surface area contributed by atoms with E-state index >= 15 is 0 Å². The van der Waals surface area contributed by atoms with Crippen LogP contribution in [-0.4, -0.2) is 66.2 Å². The summed E-state index contributed by atoms with van der Waals surface area (Å²) in [6, 6.07) is 2.44. The summed E-state index contributed by atoms with van der Waals surface area (Å²) >= 11 is 1.55. The molecule has 1 N–H and O–H groups in total. The third-order valence-corrected chi connectivity index (χ3v) is 5.42. The molecule has 1 unspecified atom stereocenters. The van der Waals surface area contributed by atoms with Gasteiger partial charge in [-0.15, -0.1) is 11.3 Å². The molecule has 0 radical (unpaired) electrons. The van der Waals surface area contributed by atoms with Crippen LogP contribution < -0.4 is 5.32 Å². The molecule has 1 aliphatic rings. The Morgan fingerprint density at radius 1 is 1.37 bits per heavy atom. The molecule has 1 saturated heterocycles. The van der Waals surface area contributed by atoms with Crippen molar-refractivity contribution in [3.8, 4) is 10.8 Å². The first kappa shape index (κ1) is 19.7. The monoisotopic (exact) mass is 401 g/mol. The second-order valence-corrected chi connectivity index (χ2v) is 7.21. The average molecular weight is 401 g/mol. The van der Waals surface area contributed by atoms with E-state index in [1.165, 1.54) is 11.8 Å². The van der Waals surface area contributed by atoms with Gasteiger partial charge < -0.3 is 14.6 Å². The van der Waals surface area contributed by atoms with Crippen molar-refractivity contribution < 1.29 is 17.6 Å². The maximum absolute atomic E-state index is 12.9. The fraction of sp³-hybridized carbons (Fsp3) is 0.529. The van der Waals surface area contributed by atoms with E-state index in [1.54, 1.807) is 24.6 Å². The third kappa shape index (κ3) is 4.81. The number of alkyl halides is 3. The van der Waals surface area contributed by atoms with Gasteiger partial charge in [0.2, 0.25) is 5.89 Å². The molecule has 1 aliphatic heterocycles. The van der Waals surface area contributed by atoms with E-state index in [4.69, 9.17) is 4.42 Å². The Morgan fingerprint density at radius 2 is 2.11 bits per heavy atom. The number of thiophene rings is 1. The van der Waals surface area contributed by atoms with Crippen LogP contribution in [0.15, 0.2) is 33.2 Å². The molecule has 1 fully saturated rings. The molecule has 3 heterocycles. The molecule has 2 aromatic rings. The highest BCUT2D eigenvalue weighted by molar-refractivity contribution is 7.13. The number of guanidine groups is 1. The van der Waals surface area contributed by atoms with Gasteiger partial charge in [0.1, 0.15) is 12.3 Å². The zero-order valence-corrected chi connectivity index (χ0v) is 16.0. The Morgan fingerprint density at radius 3 is 2.70 bits per heavy atom. The summed E-state index contributed by atoms with van der Waals surface area (Å²) in [5.41, 5.74) is 0.740. The maximum Gasteiger partial charge on any atom is 0.403 e. The maximum atomic E-state index is 12.9. The van der Waals surface area contributed by atoms with E-state index in [-0.39, 0.29) is 0 Å². The van der Waals surface area contributed by atoms with Gasteiger partial charge in [-0.3, -0.25) is 9.89 Å². The molecule has 10 heteroatoms. The Kier molecular flexibility index (Phi) is 6.05. The normalized spacial score (nSPS) is 18.0. The smallest absolute Gasteiger partial charge is 0.403 e. The van der Waals surface area contributed by atoms with Crippen LogP contribution in [0.25, 0.3) is 10.8 Å². The van der Waals surface area contributed by atoms with E-state index in [0.717, 1.165) is 10.6 Å². The minimum absolute atomic E-state index is 0.341. The number of aromatic nitrogens is 1. The molecule has 0 saturated carbocycles. The van der Waals surface area contributed by atoms with Crippen LogP contribution in [0.2, 0.25) is 0 Å². The first-order valence-corrected chi connectivity index (χ1v) is 9.51. The second kappa shape index (κ2) is 8.30. The molecule has 0 aliphatic carbocycles. The highest BCUT2D eigenvalue weighted by Gasteiger charge is 2.41. The lowest BCUT2D eigenvalue weighted by atomic mass is 10.2. The Hall–Kier alpha value is -2.07. The summed E-state index contributed by atoms with van der Waals surface area (Å²) in [6.07, 6.45) is -2.60. The van der Waals surface area contributed by atoms with Crippen LogP contribution in [-0.2, 0) is 6.54 Å². The zero-order chi connectivity index (χ0) is 19.4. The molecule has 1 atom stereocenters. The number of oxazole rings is 1. The first-order valence-electron chi connectivity index (χ1n) is 8.63. The van der Waals surface area contributed by atoms with Gasteiger partial charge >= 0.3 is 6.18 Å². The van der Waals surface area contributed by atoms with Gasteiger partial charge in [-0.05, 0) is 18.4 Å². The minimum atomic E-state index is -4.20. The zero-order valence-electron chi connectivity index (χ0n) is 15.2. The van der Waals surface area contributed by atoms with Gasteiger partial charge in [-0.1, -0.05) is 6.07 Å². The number of halogens is 3. The van der Waals surface area contributed by atoms with Crippen LogP contribution in [0.1, 0.15) is 12.6 Å². The molecule has 2 aromatic heterocycles. The van der Waals surface area contributed by atoms with Gasteiger partial charge in [0.05, 0.1) is 17.1 Å². The lowest BCUT2D eigenvalue weighted by molar-refractivity contribution is -0.181. The summed E-state index contributed by atoms with van der Waals surface area (Å²) in [5.74, 6) is 1.22. The number of piperazine rings is 1. The largest absolute Gasteiger partial charge is 0.443 e. The molecule has 0 aromatic carbocycles. The van der Waals surface area contributed by atoms with Gasteiger partial charge in [0.25, 0.3) is 0 Å². The fourth-order valence-corrected chi connectivity index (χ4v) is 3.59. The third-order valence-electron chi connectivity index (χ3n) is 4.56. The van der Waals surface area contributed by atoms with Crippen molar-refractivity contribution in [3.63, 3.8) is 0 Å². The van der Waals surface area contributed by atoms with Gasteiger partial charge in [-0.2, -0.15) is 13.2 Å². The average Bonchev–Trinajstić information content (AvgIpc) is 3.33. The minimum Gasteiger partial charge on any atom is -0.443 e. The summed E-state index contributed by atoms with van der Waals surface area (Å²) in [6.45, 7) is 3.29. The standard InChI is InChI=1S/C17H22F3N5OS/c1-12(17(18,19)20)24-5-7-25(8-6-24)16(21-2)22-10-13-11-26-15(23-13)14-4-3-9-27-14/h3-4,9,11-12H,5-8,10H2,1-2H3,(H,21,22). The highest BCUT2D eigenvalue weighted by atomic mass is 32.1. The number of nitrogens with zero attached hydrogens (tertiary/aromatic N) is 4. The molecule has 148 valence electrons. The van der Waals surface area contributed by atoms with E-state index in [0.29, 0.717) is 44.6 Å². The topological polar surface area (TPSA) is 56.9 Å². The lowest BCUT2D eigenvalue weighted by Gasteiger charge is -2.39. The Balaban J connectivity index is 1.52. The molecule has 0 bridgehead atoms. The van der Waals surface area contributed by atoms with Crippen LogP contribution in [0.3, 0.4) is 0 Å². The first-order chi connectivity index (χ1) is 12.9. The quantitative estimate of drug-likeness (QED) is 0.630. The van der Waals surface area contributed by atoms with Crippen LogP contribution in [0.4, 0.5) is 13.2 Å². The van der Waals surface area contributed by atoms with E-state index in [2.05, 4.69) is 15.3 Å². The number of hydrogen-bond acceptors (Lipinski definition) is 5.